The number of amides is 2. The quantitative estimate of drug-likeness (QED) is 0.790. The van der Waals surface area contributed by atoms with Crippen LogP contribution in [0.25, 0.3) is 0 Å². The van der Waals surface area contributed by atoms with Crippen LogP contribution in [0.4, 0.5) is 17.1 Å². The van der Waals surface area contributed by atoms with E-state index in [1.54, 1.807) is 0 Å². The minimum atomic E-state index is -0.396. The Balaban J connectivity index is 1.73. The molecule has 5 nitrogen and oxygen atoms in total. The Bertz CT molecular complexity index is 883. The van der Waals surface area contributed by atoms with Gasteiger partial charge in [-0.15, -0.1) is 0 Å². The fraction of sp³-hybridized carbons (Fsp3) is 0.391. The number of benzene rings is 2. The van der Waals surface area contributed by atoms with Gasteiger partial charge in [0.1, 0.15) is 5.66 Å². The van der Waals surface area contributed by atoms with Crippen LogP contribution in [0.15, 0.2) is 48.5 Å². The second-order valence-corrected chi connectivity index (χ2v) is 7.92. The molecule has 2 aromatic rings. The molecule has 2 N–H and O–H groups in total. The molecule has 0 saturated heterocycles. The lowest BCUT2D eigenvalue weighted by molar-refractivity contribution is -0.114. The molecule has 146 valence electrons. The van der Waals surface area contributed by atoms with Gasteiger partial charge in [0.15, 0.2) is 0 Å². The highest BCUT2D eigenvalue weighted by Crippen LogP contribution is 2.44. The van der Waals surface area contributed by atoms with Gasteiger partial charge in [-0.25, -0.2) is 0 Å². The van der Waals surface area contributed by atoms with Crippen molar-refractivity contribution in [2.24, 2.45) is 5.92 Å². The van der Waals surface area contributed by atoms with Gasteiger partial charge in [-0.1, -0.05) is 25.5 Å². The third-order valence-corrected chi connectivity index (χ3v) is 6.11. The summed E-state index contributed by atoms with van der Waals surface area (Å²) in [6.07, 6.45) is 5.27. The van der Waals surface area contributed by atoms with Crippen molar-refractivity contribution in [2.45, 2.75) is 51.6 Å². The first-order chi connectivity index (χ1) is 13.5. The van der Waals surface area contributed by atoms with E-state index in [1.165, 1.54) is 13.3 Å². The largest absolute Gasteiger partial charge is 0.362 e. The molecular weight excluding hydrogens is 350 g/mol. The van der Waals surface area contributed by atoms with Gasteiger partial charge in [-0.3, -0.25) is 14.5 Å². The van der Waals surface area contributed by atoms with E-state index < -0.39 is 5.66 Å². The van der Waals surface area contributed by atoms with Gasteiger partial charge in [0.2, 0.25) is 5.91 Å². The topological polar surface area (TPSA) is 61.4 Å². The second-order valence-electron chi connectivity index (χ2n) is 7.92. The van der Waals surface area contributed by atoms with Crippen LogP contribution in [0.3, 0.4) is 0 Å². The molecule has 0 aromatic heterocycles. The molecule has 1 saturated carbocycles. The summed E-state index contributed by atoms with van der Waals surface area (Å²) in [7, 11) is 0. The Morgan fingerprint density at radius 2 is 1.82 bits per heavy atom. The van der Waals surface area contributed by atoms with Gasteiger partial charge in [0.25, 0.3) is 5.91 Å². The van der Waals surface area contributed by atoms with Crippen LogP contribution in [0, 0.1) is 5.92 Å². The number of carbonyl (C=O) groups is 2. The lowest BCUT2D eigenvalue weighted by Crippen LogP contribution is -2.61. The van der Waals surface area contributed by atoms with Crippen molar-refractivity contribution in [1.82, 2.24) is 0 Å². The molecule has 1 spiro atoms. The van der Waals surface area contributed by atoms with Crippen molar-refractivity contribution in [3.63, 3.8) is 0 Å². The maximum Gasteiger partial charge on any atom is 0.262 e. The number of anilines is 3. The molecule has 1 fully saturated rings. The van der Waals surface area contributed by atoms with Gasteiger partial charge in [-0.2, -0.15) is 0 Å². The summed E-state index contributed by atoms with van der Waals surface area (Å²) in [6, 6.07) is 15.3. The van der Waals surface area contributed by atoms with Crippen molar-refractivity contribution in [1.29, 1.82) is 0 Å². The van der Waals surface area contributed by atoms with E-state index in [1.807, 2.05) is 53.4 Å². The lowest BCUT2D eigenvalue weighted by atomic mass is 9.78. The maximum absolute atomic E-state index is 13.5. The summed E-state index contributed by atoms with van der Waals surface area (Å²) in [5.41, 5.74) is 2.83. The SMILES string of the molecule is CCC1CCC2(CC1)Nc1ccccc1C(=O)N2c1ccc(NC(C)=O)cc1. The zero-order valence-electron chi connectivity index (χ0n) is 16.5. The Labute approximate surface area is 166 Å². The molecule has 2 aliphatic rings. The summed E-state index contributed by atoms with van der Waals surface area (Å²) >= 11 is 0. The van der Waals surface area contributed by atoms with Crippen molar-refractivity contribution in [3.8, 4) is 0 Å². The number of carbonyl (C=O) groups excluding carboxylic acids is 2. The van der Waals surface area contributed by atoms with Gasteiger partial charge in [-0.05, 0) is 68.0 Å². The minimum Gasteiger partial charge on any atom is -0.362 e. The number of rotatable bonds is 3. The molecule has 0 unspecified atom stereocenters. The highest BCUT2D eigenvalue weighted by Gasteiger charge is 2.47. The first-order valence-electron chi connectivity index (χ1n) is 10.1. The molecule has 4 rings (SSSR count). The molecule has 5 heteroatoms. The highest BCUT2D eigenvalue weighted by molar-refractivity contribution is 6.12. The third kappa shape index (κ3) is 3.26. The molecular formula is C23H27N3O2. The first kappa shape index (κ1) is 18.5. The minimum absolute atomic E-state index is 0.0385. The molecule has 0 atom stereocenters. The monoisotopic (exact) mass is 377 g/mol. The Morgan fingerprint density at radius 1 is 1.14 bits per heavy atom. The van der Waals surface area contributed by atoms with Crippen LogP contribution in [0.2, 0.25) is 0 Å². The molecule has 28 heavy (non-hydrogen) atoms. The summed E-state index contributed by atoms with van der Waals surface area (Å²) in [4.78, 5) is 26.8. The van der Waals surface area contributed by atoms with E-state index in [0.717, 1.165) is 48.7 Å². The predicted molar refractivity (Wildman–Crippen MR) is 113 cm³/mol. The zero-order valence-corrected chi connectivity index (χ0v) is 16.5. The average Bonchev–Trinajstić information content (AvgIpc) is 2.69. The normalized spacial score (nSPS) is 23.9. The van der Waals surface area contributed by atoms with Crippen molar-refractivity contribution in [2.75, 3.05) is 15.5 Å². The number of para-hydroxylation sites is 1. The highest BCUT2D eigenvalue weighted by atomic mass is 16.2. The summed E-state index contributed by atoms with van der Waals surface area (Å²) < 4.78 is 0. The van der Waals surface area contributed by atoms with Crippen molar-refractivity contribution >= 4 is 28.9 Å². The van der Waals surface area contributed by atoms with Crippen molar-refractivity contribution in [3.05, 3.63) is 54.1 Å². The molecule has 2 amide bonds. The van der Waals surface area contributed by atoms with Crippen LogP contribution < -0.4 is 15.5 Å². The van der Waals surface area contributed by atoms with Gasteiger partial charge in [0, 0.05) is 24.0 Å². The van der Waals surface area contributed by atoms with Crippen LogP contribution in [0.1, 0.15) is 56.3 Å². The lowest BCUT2D eigenvalue weighted by Gasteiger charge is -2.51. The Morgan fingerprint density at radius 3 is 2.46 bits per heavy atom. The zero-order chi connectivity index (χ0) is 19.7. The van der Waals surface area contributed by atoms with Crippen LogP contribution >= 0.6 is 0 Å². The summed E-state index contributed by atoms with van der Waals surface area (Å²) in [5.74, 6) is 0.659. The maximum atomic E-state index is 13.5. The number of hydrogen-bond donors (Lipinski definition) is 2. The molecule has 0 bridgehead atoms. The predicted octanol–water partition coefficient (Wildman–Crippen LogP) is 5.01. The molecule has 0 radical (unpaired) electrons. The number of fused-ring (bicyclic) bond motifs is 1. The molecule has 1 aliphatic carbocycles. The van der Waals surface area contributed by atoms with Crippen LogP contribution in [-0.4, -0.2) is 17.5 Å². The summed E-state index contributed by atoms with van der Waals surface area (Å²) in [6.45, 7) is 3.74. The Hall–Kier alpha value is -2.82. The molecule has 1 aliphatic heterocycles. The van der Waals surface area contributed by atoms with E-state index in [4.69, 9.17) is 0 Å². The van der Waals surface area contributed by atoms with Gasteiger partial charge in [0.05, 0.1) is 5.56 Å². The van der Waals surface area contributed by atoms with E-state index in [2.05, 4.69) is 17.6 Å². The van der Waals surface area contributed by atoms with Gasteiger partial charge < -0.3 is 10.6 Å². The Kier molecular flexibility index (Phi) is 4.84. The van der Waals surface area contributed by atoms with Crippen LogP contribution in [-0.2, 0) is 4.79 Å². The number of nitrogens with one attached hydrogen (secondary N) is 2. The van der Waals surface area contributed by atoms with Crippen LogP contribution in [0.5, 0.6) is 0 Å². The van der Waals surface area contributed by atoms with E-state index in [-0.39, 0.29) is 11.8 Å². The smallest absolute Gasteiger partial charge is 0.262 e. The first-order valence-corrected chi connectivity index (χ1v) is 10.1. The fourth-order valence-electron chi connectivity index (χ4n) is 4.57. The number of hydrogen-bond acceptors (Lipinski definition) is 3. The third-order valence-electron chi connectivity index (χ3n) is 6.11. The van der Waals surface area contributed by atoms with Gasteiger partial charge >= 0.3 is 0 Å². The van der Waals surface area contributed by atoms with E-state index in [0.29, 0.717) is 5.56 Å². The van der Waals surface area contributed by atoms with E-state index >= 15 is 0 Å². The fourth-order valence-corrected chi connectivity index (χ4v) is 4.57. The molecule has 1 heterocycles. The second kappa shape index (κ2) is 7.30. The average molecular weight is 377 g/mol. The molecule has 2 aromatic carbocycles. The standard InChI is InChI=1S/C23H27N3O2/c1-3-17-12-14-23(15-13-17)25-21-7-5-4-6-20(21)22(28)26(23)19-10-8-18(9-11-19)24-16(2)27/h4-11,17,25H,3,12-15H2,1-2H3,(H,24,27). The number of nitrogens with zero attached hydrogens (tertiary/aromatic N) is 1. The van der Waals surface area contributed by atoms with Crippen molar-refractivity contribution < 1.29 is 9.59 Å². The summed E-state index contributed by atoms with van der Waals surface area (Å²) in [5, 5.41) is 6.51. The van der Waals surface area contributed by atoms with E-state index in [9.17, 15) is 9.59 Å².